The Morgan fingerprint density at radius 1 is 1.47 bits per heavy atom. The summed E-state index contributed by atoms with van der Waals surface area (Å²) >= 11 is 6.05. The van der Waals surface area contributed by atoms with Crippen molar-refractivity contribution in [2.24, 2.45) is 0 Å². The molecule has 0 saturated carbocycles. The van der Waals surface area contributed by atoms with Crippen molar-refractivity contribution < 1.29 is 0 Å². The number of piperazine rings is 1. The van der Waals surface area contributed by atoms with Crippen molar-refractivity contribution in [3.05, 3.63) is 34.9 Å². The summed E-state index contributed by atoms with van der Waals surface area (Å²) in [4.78, 5) is 2.54. The van der Waals surface area contributed by atoms with Crippen molar-refractivity contribution in [3.8, 4) is 0 Å². The zero-order chi connectivity index (χ0) is 11.4. The fourth-order valence-corrected chi connectivity index (χ4v) is 2.54. The summed E-state index contributed by atoms with van der Waals surface area (Å²) in [6.45, 7) is 6.65. The highest BCUT2D eigenvalue weighted by Gasteiger charge is 2.22. The molecule has 0 amide bonds. The van der Waals surface area contributed by atoms with E-state index < -0.39 is 0 Å². The summed E-state index contributed by atoms with van der Waals surface area (Å²) in [5.74, 6) is 0. The molecule has 0 bridgehead atoms. The maximum absolute atomic E-state index is 6.05. The second kappa shape index (κ2) is 7.22. The van der Waals surface area contributed by atoms with Crippen LogP contribution >= 0.6 is 24.0 Å². The molecular weight excluding hydrogens is 255 g/mol. The van der Waals surface area contributed by atoms with Gasteiger partial charge in [0.2, 0.25) is 0 Å². The van der Waals surface area contributed by atoms with Gasteiger partial charge < -0.3 is 5.32 Å². The molecule has 1 aromatic carbocycles. The van der Waals surface area contributed by atoms with E-state index in [1.807, 2.05) is 12.1 Å². The zero-order valence-corrected chi connectivity index (χ0v) is 11.7. The van der Waals surface area contributed by atoms with Crippen LogP contribution < -0.4 is 5.32 Å². The van der Waals surface area contributed by atoms with Gasteiger partial charge in [-0.1, -0.05) is 30.7 Å². The number of halogens is 2. The number of rotatable bonds is 3. The summed E-state index contributed by atoms with van der Waals surface area (Å²) in [6, 6.07) is 8.71. The topological polar surface area (TPSA) is 15.3 Å². The lowest BCUT2D eigenvalue weighted by Crippen LogP contribution is -2.46. The summed E-state index contributed by atoms with van der Waals surface area (Å²) in [7, 11) is 0. The third kappa shape index (κ3) is 3.85. The second-order valence-electron chi connectivity index (χ2n) is 4.31. The van der Waals surface area contributed by atoms with Crippen molar-refractivity contribution >= 4 is 24.0 Å². The van der Waals surface area contributed by atoms with Crippen LogP contribution in [0.15, 0.2) is 24.3 Å². The van der Waals surface area contributed by atoms with Gasteiger partial charge in [-0.2, -0.15) is 0 Å². The van der Waals surface area contributed by atoms with Crippen LogP contribution in [0.3, 0.4) is 0 Å². The van der Waals surface area contributed by atoms with E-state index in [1.165, 1.54) is 18.5 Å². The van der Waals surface area contributed by atoms with Gasteiger partial charge in [0.15, 0.2) is 0 Å². The largest absolute Gasteiger partial charge is 0.314 e. The summed E-state index contributed by atoms with van der Waals surface area (Å²) < 4.78 is 0. The number of nitrogens with one attached hydrogen (secondary N) is 1. The highest BCUT2D eigenvalue weighted by molar-refractivity contribution is 6.30. The monoisotopic (exact) mass is 274 g/mol. The van der Waals surface area contributed by atoms with Crippen molar-refractivity contribution in [1.82, 2.24) is 10.2 Å². The molecule has 96 valence electrons. The molecule has 1 N–H and O–H groups in total. The molecule has 4 heteroatoms. The highest BCUT2D eigenvalue weighted by Crippen LogP contribution is 2.24. The number of nitrogens with zero attached hydrogens (tertiary/aromatic N) is 1. The molecule has 1 unspecified atom stereocenters. The Labute approximate surface area is 115 Å². The minimum atomic E-state index is 0. The van der Waals surface area contributed by atoms with Crippen molar-refractivity contribution in [3.63, 3.8) is 0 Å². The zero-order valence-electron chi connectivity index (χ0n) is 10.2. The van der Waals surface area contributed by atoms with Gasteiger partial charge in [-0.25, -0.2) is 0 Å². The molecule has 1 aliphatic heterocycles. The van der Waals surface area contributed by atoms with Crippen LogP contribution in [-0.2, 0) is 0 Å². The van der Waals surface area contributed by atoms with E-state index in [-0.39, 0.29) is 12.4 Å². The minimum Gasteiger partial charge on any atom is -0.314 e. The smallest absolute Gasteiger partial charge is 0.0473 e. The van der Waals surface area contributed by atoms with Crippen LogP contribution in [0.5, 0.6) is 0 Å². The van der Waals surface area contributed by atoms with Gasteiger partial charge in [0.25, 0.3) is 0 Å². The van der Waals surface area contributed by atoms with E-state index in [0.29, 0.717) is 6.04 Å². The van der Waals surface area contributed by atoms with Crippen LogP contribution in [0.25, 0.3) is 0 Å². The molecule has 2 rings (SSSR count). The lowest BCUT2D eigenvalue weighted by Gasteiger charge is -2.36. The van der Waals surface area contributed by atoms with E-state index >= 15 is 0 Å². The molecule has 1 aromatic rings. The molecule has 1 fully saturated rings. The Morgan fingerprint density at radius 3 is 3.00 bits per heavy atom. The minimum absolute atomic E-state index is 0. The SMILES string of the molecule is CCCN1CCNCC1c1cccc(Cl)c1.Cl. The fourth-order valence-electron chi connectivity index (χ4n) is 2.34. The van der Waals surface area contributed by atoms with Gasteiger partial charge in [-0.05, 0) is 30.7 Å². The number of hydrogen-bond donors (Lipinski definition) is 1. The van der Waals surface area contributed by atoms with Gasteiger partial charge >= 0.3 is 0 Å². The first-order valence-corrected chi connectivity index (χ1v) is 6.39. The third-order valence-corrected chi connectivity index (χ3v) is 3.33. The fraction of sp³-hybridized carbons (Fsp3) is 0.538. The normalized spacial score (nSPS) is 20.9. The molecule has 0 aliphatic carbocycles. The number of benzene rings is 1. The first kappa shape index (κ1) is 14.8. The lowest BCUT2D eigenvalue weighted by molar-refractivity contribution is 0.162. The molecule has 0 radical (unpaired) electrons. The Morgan fingerprint density at radius 2 is 2.29 bits per heavy atom. The maximum atomic E-state index is 6.05. The van der Waals surface area contributed by atoms with E-state index in [0.717, 1.165) is 24.7 Å². The molecule has 2 nitrogen and oxygen atoms in total. The maximum Gasteiger partial charge on any atom is 0.0473 e. The summed E-state index contributed by atoms with van der Waals surface area (Å²) in [5.41, 5.74) is 1.33. The van der Waals surface area contributed by atoms with Gasteiger partial charge in [-0.15, -0.1) is 12.4 Å². The molecular formula is C13H20Cl2N2. The van der Waals surface area contributed by atoms with Gasteiger partial charge in [0.1, 0.15) is 0 Å². The van der Waals surface area contributed by atoms with Gasteiger partial charge in [0.05, 0.1) is 0 Å². The second-order valence-corrected chi connectivity index (χ2v) is 4.75. The molecule has 1 saturated heterocycles. The van der Waals surface area contributed by atoms with Crippen LogP contribution in [0, 0.1) is 0 Å². The number of hydrogen-bond acceptors (Lipinski definition) is 2. The Kier molecular flexibility index (Phi) is 6.28. The predicted molar refractivity (Wildman–Crippen MR) is 76.2 cm³/mol. The standard InChI is InChI=1S/C13H19ClN2.ClH/c1-2-7-16-8-6-15-10-13(16)11-4-3-5-12(14)9-11;/h3-5,9,13,15H,2,6-8,10H2,1H3;1H. The van der Waals surface area contributed by atoms with Crippen LogP contribution in [0.2, 0.25) is 5.02 Å². The van der Waals surface area contributed by atoms with Gasteiger partial charge in [0, 0.05) is 30.7 Å². The molecule has 1 heterocycles. The summed E-state index contributed by atoms with van der Waals surface area (Å²) in [5, 5.41) is 4.29. The van der Waals surface area contributed by atoms with E-state index in [2.05, 4.69) is 29.3 Å². The van der Waals surface area contributed by atoms with E-state index in [1.54, 1.807) is 0 Å². The summed E-state index contributed by atoms with van der Waals surface area (Å²) in [6.07, 6.45) is 1.21. The van der Waals surface area contributed by atoms with Crippen molar-refractivity contribution in [1.29, 1.82) is 0 Å². The van der Waals surface area contributed by atoms with Crippen molar-refractivity contribution in [2.45, 2.75) is 19.4 Å². The Balaban J connectivity index is 0.00000144. The lowest BCUT2D eigenvalue weighted by atomic mass is 10.0. The van der Waals surface area contributed by atoms with Crippen molar-refractivity contribution in [2.75, 3.05) is 26.2 Å². The van der Waals surface area contributed by atoms with Crippen LogP contribution in [0.4, 0.5) is 0 Å². The van der Waals surface area contributed by atoms with Crippen LogP contribution in [0.1, 0.15) is 24.9 Å². The Bertz CT molecular complexity index is 342. The molecule has 17 heavy (non-hydrogen) atoms. The third-order valence-electron chi connectivity index (χ3n) is 3.10. The average Bonchev–Trinajstić information content (AvgIpc) is 2.30. The quantitative estimate of drug-likeness (QED) is 0.911. The van der Waals surface area contributed by atoms with E-state index in [4.69, 9.17) is 11.6 Å². The molecule has 0 aromatic heterocycles. The predicted octanol–water partition coefficient (Wildman–Crippen LogP) is 3.12. The first-order chi connectivity index (χ1) is 7.81. The molecule has 1 aliphatic rings. The van der Waals surface area contributed by atoms with E-state index in [9.17, 15) is 0 Å². The van der Waals surface area contributed by atoms with Crippen LogP contribution in [-0.4, -0.2) is 31.1 Å². The molecule has 1 atom stereocenters. The molecule has 0 spiro atoms. The average molecular weight is 275 g/mol. The first-order valence-electron chi connectivity index (χ1n) is 6.01. The Hall–Kier alpha value is -0.280. The van der Waals surface area contributed by atoms with Gasteiger partial charge in [-0.3, -0.25) is 4.90 Å². The highest BCUT2D eigenvalue weighted by atomic mass is 35.5.